The molecule has 0 N–H and O–H groups in total. The largest absolute Gasteiger partial charge is 0.373 e. The number of ether oxygens (including phenoxy) is 1. The van der Waals surface area contributed by atoms with Crippen molar-refractivity contribution in [3.8, 4) is 0 Å². The molecule has 1 aliphatic heterocycles. The van der Waals surface area contributed by atoms with Crippen LogP contribution in [0.2, 0.25) is 0 Å². The standard InChI is InChI=1S/C7H9N3O3/c1-9-6(2-5-4-13-5)7(3-8-9)10(11)12/h3,5H,2,4H2,1H3. The van der Waals surface area contributed by atoms with Crippen molar-refractivity contribution in [1.29, 1.82) is 0 Å². The first kappa shape index (κ1) is 8.18. The van der Waals surface area contributed by atoms with Crippen molar-refractivity contribution in [2.24, 2.45) is 7.05 Å². The maximum atomic E-state index is 10.5. The van der Waals surface area contributed by atoms with Gasteiger partial charge in [0, 0.05) is 13.5 Å². The summed E-state index contributed by atoms with van der Waals surface area (Å²) in [5, 5.41) is 14.4. The predicted octanol–water partition coefficient (Wildman–Crippen LogP) is 0.270. The van der Waals surface area contributed by atoms with E-state index < -0.39 is 4.92 Å². The van der Waals surface area contributed by atoms with Crippen molar-refractivity contribution < 1.29 is 9.66 Å². The summed E-state index contributed by atoms with van der Waals surface area (Å²) >= 11 is 0. The Labute approximate surface area is 74.3 Å². The molecule has 2 rings (SSSR count). The zero-order valence-corrected chi connectivity index (χ0v) is 7.14. The number of aromatic nitrogens is 2. The van der Waals surface area contributed by atoms with E-state index in [1.807, 2.05) is 0 Å². The summed E-state index contributed by atoms with van der Waals surface area (Å²) in [5.74, 6) is 0. The van der Waals surface area contributed by atoms with Gasteiger partial charge in [0.25, 0.3) is 0 Å². The number of hydrogen-bond acceptors (Lipinski definition) is 4. The first-order chi connectivity index (χ1) is 6.18. The van der Waals surface area contributed by atoms with Gasteiger partial charge in [-0.05, 0) is 0 Å². The average molecular weight is 183 g/mol. The molecule has 6 nitrogen and oxygen atoms in total. The molecule has 0 spiro atoms. The Morgan fingerprint density at radius 3 is 3.15 bits per heavy atom. The number of hydrogen-bond donors (Lipinski definition) is 0. The van der Waals surface area contributed by atoms with Crippen LogP contribution >= 0.6 is 0 Å². The minimum Gasteiger partial charge on any atom is -0.373 e. The van der Waals surface area contributed by atoms with Gasteiger partial charge < -0.3 is 4.74 Å². The van der Waals surface area contributed by atoms with E-state index in [0.717, 1.165) is 0 Å². The van der Waals surface area contributed by atoms with Crippen LogP contribution in [0.15, 0.2) is 6.20 Å². The molecule has 1 aliphatic rings. The van der Waals surface area contributed by atoms with E-state index in [1.54, 1.807) is 7.05 Å². The lowest BCUT2D eigenvalue weighted by Gasteiger charge is -1.97. The minimum atomic E-state index is -0.412. The molecule has 0 aliphatic carbocycles. The SMILES string of the molecule is Cn1ncc([N+](=O)[O-])c1CC1CO1. The Morgan fingerprint density at radius 2 is 2.62 bits per heavy atom. The van der Waals surface area contributed by atoms with Crippen LogP contribution in [-0.4, -0.2) is 27.4 Å². The van der Waals surface area contributed by atoms with E-state index in [2.05, 4.69) is 5.10 Å². The highest BCUT2D eigenvalue weighted by atomic mass is 16.6. The number of nitro groups is 1. The lowest BCUT2D eigenvalue weighted by molar-refractivity contribution is -0.385. The Bertz CT molecular complexity index is 343. The molecule has 0 amide bonds. The van der Waals surface area contributed by atoms with Crippen LogP contribution in [0.4, 0.5) is 5.69 Å². The lowest BCUT2D eigenvalue weighted by Crippen LogP contribution is -2.04. The number of nitrogens with zero attached hydrogens (tertiary/aromatic N) is 3. The summed E-state index contributed by atoms with van der Waals surface area (Å²) in [6.45, 7) is 0.697. The van der Waals surface area contributed by atoms with Crippen LogP contribution in [-0.2, 0) is 18.2 Å². The molecule has 1 saturated heterocycles. The maximum Gasteiger partial charge on any atom is 0.310 e. The maximum absolute atomic E-state index is 10.5. The monoisotopic (exact) mass is 183 g/mol. The highest BCUT2D eigenvalue weighted by molar-refractivity contribution is 5.33. The van der Waals surface area contributed by atoms with Gasteiger partial charge in [0.15, 0.2) is 0 Å². The second-order valence-electron chi connectivity index (χ2n) is 3.02. The molecular formula is C7H9N3O3. The van der Waals surface area contributed by atoms with Crippen LogP contribution in [0.5, 0.6) is 0 Å². The fourth-order valence-electron chi connectivity index (χ4n) is 1.24. The van der Waals surface area contributed by atoms with E-state index in [-0.39, 0.29) is 11.8 Å². The highest BCUT2D eigenvalue weighted by Crippen LogP contribution is 2.23. The summed E-state index contributed by atoms with van der Waals surface area (Å²) < 4.78 is 6.54. The Morgan fingerprint density at radius 1 is 1.92 bits per heavy atom. The summed E-state index contributed by atoms with van der Waals surface area (Å²) in [6, 6.07) is 0. The quantitative estimate of drug-likeness (QED) is 0.383. The van der Waals surface area contributed by atoms with Gasteiger partial charge in [-0.3, -0.25) is 14.8 Å². The van der Waals surface area contributed by atoms with E-state index in [0.29, 0.717) is 18.7 Å². The average Bonchev–Trinajstić information content (AvgIpc) is 2.78. The third-order valence-corrected chi connectivity index (χ3v) is 2.06. The van der Waals surface area contributed by atoms with Crippen LogP contribution < -0.4 is 0 Å². The van der Waals surface area contributed by atoms with Gasteiger partial charge in [-0.15, -0.1) is 0 Å². The summed E-state index contributed by atoms with van der Waals surface area (Å²) in [4.78, 5) is 10.1. The summed E-state index contributed by atoms with van der Waals surface area (Å²) in [5.41, 5.74) is 0.713. The van der Waals surface area contributed by atoms with Crippen molar-refractivity contribution in [3.63, 3.8) is 0 Å². The van der Waals surface area contributed by atoms with Gasteiger partial charge in [-0.25, -0.2) is 0 Å². The second kappa shape index (κ2) is 2.81. The fraction of sp³-hybridized carbons (Fsp3) is 0.571. The van der Waals surface area contributed by atoms with Crippen LogP contribution in [0.25, 0.3) is 0 Å². The third kappa shape index (κ3) is 1.52. The highest BCUT2D eigenvalue weighted by Gasteiger charge is 2.29. The van der Waals surface area contributed by atoms with Crippen LogP contribution in [0.1, 0.15) is 5.69 Å². The molecule has 70 valence electrons. The third-order valence-electron chi connectivity index (χ3n) is 2.06. The molecule has 1 aromatic heterocycles. The molecule has 1 aromatic rings. The van der Waals surface area contributed by atoms with Crippen molar-refractivity contribution >= 4 is 5.69 Å². The Balaban J connectivity index is 2.27. The van der Waals surface area contributed by atoms with Gasteiger partial charge in [-0.1, -0.05) is 0 Å². The smallest absolute Gasteiger partial charge is 0.310 e. The molecular weight excluding hydrogens is 174 g/mol. The van der Waals surface area contributed by atoms with E-state index in [1.165, 1.54) is 10.9 Å². The molecule has 0 radical (unpaired) electrons. The zero-order valence-electron chi connectivity index (χ0n) is 7.14. The summed E-state index contributed by atoms with van der Waals surface area (Å²) in [7, 11) is 1.70. The Kier molecular flexibility index (Phi) is 1.77. The van der Waals surface area contributed by atoms with Gasteiger partial charge in [0.2, 0.25) is 0 Å². The molecule has 0 bridgehead atoms. The zero-order chi connectivity index (χ0) is 9.42. The van der Waals surface area contributed by atoms with Crippen LogP contribution in [0.3, 0.4) is 0 Å². The molecule has 2 heterocycles. The fourth-order valence-corrected chi connectivity index (χ4v) is 1.24. The normalized spacial score (nSPS) is 20.2. The predicted molar refractivity (Wildman–Crippen MR) is 43.3 cm³/mol. The molecule has 1 fully saturated rings. The van der Waals surface area contributed by atoms with E-state index in [9.17, 15) is 10.1 Å². The lowest BCUT2D eigenvalue weighted by atomic mass is 10.2. The van der Waals surface area contributed by atoms with Gasteiger partial charge in [0.05, 0.1) is 17.6 Å². The molecule has 0 aromatic carbocycles. The first-order valence-electron chi connectivity index (χ1n) is 3.95. The Hall–Kier alpha value is -1.43. The second-order valence-corrected chi connectivity index (χ2v) is 3.02. The van der Waals surface area contributed by atoms with Crippen LogP contribution in [0, 0.1) is 10.1 Å². The number of aryl methyl sites for hydroxylation is 1. The van der Waals surface area contributed by atoms with Gasteiger partial charge in [0.1, 0.15) is 11.9 Å². The van der Waals surface area contributed by atoms with Crippen molar-refractivity contribution in [2.45, 2.75) is 12.5 Å². The van der Waals surface area contributed by atoms with Crippen molar-refractivity contribution in [3.05, 3.63) is 22.0 Å². The molecule has 13 heavy (non-hydrogen) atoms. The molecule has 1 unspecified atom stereocenters. The molecule has 0 saturated carbocycles. The number of rotatable bonds is 3. The molecule has 1 atom stereocenters. The van der Waals surface area contributed by atoms with E-state index >= 15 is 0 Å². The summed E-state index contributed by atoms with van der Waals surface area (Å²) in [6.07, 6.45) is 2.00. The van der Waals surface area contributed by atoms with Gasteiger partial charge in [-0.2, -0.15) is 5.10 Å². The van der Waals surface area contributed by atoms with Crippen molar-refractivity contribution in [2.75, 3.05) is 6.61 Å². The first-order valence-corrected chi connectivity index (χ1v) is 3.95. The van der Waals surface area contributed by atoms with Crippen molar-refractivity contribution in [1.82, 2.24) is 9.78 Å². The minimum absolute atomic E-state index is 0.0815. The van der Waals surface area contributed by atoms with E-state index in [4.69, 9.17) is 4.74 Å². The number of epoxide rings is 1. The topological polar surface area (TPSA) is 73.5 Å². The molecule has 6 heteroatoms. The van der Waals surface area contributed by atoms with Gasteiger partial charge >= 0.3 is 5.69 Å².